The van der Waals surface area contributed by atoms with Gasteiger partial charge in [-0.25, -0.2) is 0 Å². The predicted molar refractivity (Wildman–Crippen MR) is 313 cm³/mol. The van der Waals surface area contributed by atoms with Crippen LogP contribution < -0.4 is 4.90 Å². The summed E-state index contributed by atoms with van der Waals surface area (Å²) in [5.41, 5.74) is 26.6. The van der Waals surface area contributed by atoms with Crippen LogP contribution in [0.5, 0.6) is 0 Å². The van der Waals surface area contributed by atoms with Crippen LogP contribution in [0.25, 0.3) is 111 Å². The summed E-state index contributed by atoms with van der Waals surface area (Å²) in [7, 11) is 0. The van der Waals surface area contributed by atoms with Gasteiger partial charge < -0.3 is 13.7 Å². The minimum Gasteiger partial charge on any atom is -0.456 e. The molecule has 0 unspecified atom stereocenters. The number of fused-ring (bicyclic) bond motifs is 12. The zero-order valence-corrected chi connectivity index (χ0v) is 42.3. The molecule has 3 nitrogen and oxygen atoms in total. The molecule has 0 spiro atoms. The molecule has 0 atom stereocenters. The first-order valence-corrected chi connectivity index (χ1v) is 26.1. The summed E-state index contributed by atoms with van der Waals surface area (Å²) < 4.78 is 12.4. The predicted octanol–water partition coefficient (Wildman–Crippen LogP) is 20.2. The quantitative estimate of drug-likeness (QED) is 0.159. The van der Waals surface area contributed by atoms with Crippen LogP contribution in [-0.2, 0) is 10.8 Å². The molecule has 2 aromatic heterocycles. The topological polar surface area (TPSA) is 29.5 Å². The summed E-state index contributed by atoms with van der Waals surface area (Å²) in [6.45, 7) is 9.55. The molecule has 0 amide bonds. The monoisotopic (exact) mass is 961 g/mol. The summed E-state index contributed by atoms with van der Waals surface area (Å²) in [6.07, 6.45) is 0. The van der Waals surface area contributed by atoms with E-state index < -0.39 is 0 Å². The molecule has 11 aromatic carbocycles. The molecule has 2 aliphatic carbocycles. The number of anilines is 3. The minimum atomic E-state index is -0.251. The Morgan fingerprint density at radius 2 is 0.573 bits per heavy atom. The largest absolute Gasteiger partial charge is 0.456 e. The third kappa shape index (κ3) is 6.74. The Morgan fingerprint density at radius 1 is 0.253 bits per heavy atom. The van der Waals surface area contributed by atoms with Gasteiger partial charge in [-0.15, -0.1) is 0 Å². The Morgan fingerprint density at radius 3 is 1.04 bits per heavy atom. The minimum absolute atomic E-state index is 0.251. The Kier molecular flexibility index (Phi) is 9.35. The van der Waals surface area contributed by atoms with Crippen LogP contribution in [0.2, 0.25) is 0 Å². The fraction of sp³-hybridized carbons (Fsp3) is 0.0833. The van der Waals surface area contributed by atoms with Crippen molar-refractivity contribution in [3.8, 4) is 66.8 Å². The van der Waals surface area contributed by atoms with E-state index in [1.807, 2.05) is 24.3 Å². The maximum Gasteiger partial charge on any atom is 0.135 e. The summed E-state index contributed by atoms with van der Waals surface area (Å²) in [6, 6.07) is 86.9. The zero-order valence-electron chi connectivity index (χ0n) is 42.3. The third-order valence-electron chi connectivity index (χ3n) is 16.7. The molecule has 0 saturated carbocycles. The first-order chi connectivity index (χ1) is 36.6. The molecule has 0 aliphatic heterocycles. The second-order valence-electron chi connectivity index (χ2n) is 21.7. The number of furan rings is 2. The fourth-order valence-corrected chi connectivity index (χ4v) is 12.6. The molecule has 0 N–H and O–H groups in total. The van der Waals surface area contributed by atoms with Gasteiger partial charge in [0.2, 0.25) is 0 Å². The van der Waals surface area contributed by atoms with Gasteiger partial charge in [0.25, 0.3) is 0 Å². The van der Waals surface area contributed by atoms with E-state index in [2.05, 4.69) is 245 Å². The third-order valence-corrected chi connectivity index (χ3v) is 16.7. The maximum atomic E-state index is 6.21. The molecule has 0 saturated heterocycles. The molecule has 2 aliphatic rings. The van der Waals surface area contributed by atoms with Crippen LogP contribution in [0.1, 0.15) is 49.9 Å². The molecule has 356 valence electrons. The highest BCUT2D eigenvalue weighted by molar-refractivity contribution is 6.07. The van der Waals surface area contributed by atoms with Gasteiger partial charge >= 0.3 is 0 Å². The standard InChI is InChI=1S/C72H51NO2/c1-71(2)63-40-50(48-26-36-69-61(38-48)59-14-8-10-16-67(59)74-69)24-32-55(63)57-34-30-53(42-65(57)71)73(52-28-22-47(23-29-52)46-20-18-45(19-21-46)44-12-6-5-7-13-44)54-31-35-58-56-33-25-51(41-64(56)72(3,4)66(58)43-54)49-27-37-70-62(39-49)60-15-9-11-17-68(60)75-70/h5-43H,1-4H3. The Labute approximate surface area is 436 Å². The van der Waals surface area contributed by atoms with Crippen molar-refractivity contribution in [1.82, 2.24) is 0 Å². The van der Waals surface area contributed by atoms with Gasteiger partial charge in [-0.3, -0.25) is 0 Å². The SMILES string of the molecule is CC1(C)c2cc(-c3ccc4oc5ccccc5c4c3)ccc2-c2ccc(N(c3ccc(-c4ccc(-c5ccccc5)cc4)cc3)c3ccc4c(c3)C(C)(C)c3cc(-c5ccc6oc7ccccc7c6c5)ccc3-4)cc21. The highest BCUT2D eigenvalue weighted by Gasteiger charge is 2.38. The smallest absolute Gasteiger partial charge is 0.135 e. The van der Waals surface area contributed by atoms with Gasteiger partial charge in [-0.05, 0) is 174 Å². The lowest BCUT2D eigenvalue weighted by Crippen LogP contribution is -2.18. The zero-order chi connectivity index (χ0) is 50.2. The van der Waals surface area contributed by atoms with Crippen LogP contribution in [-0.4, -0.2) is 0 Å². The molecular formula is C72H51NO2. The van der Waals surface area contributed by atoms with E-state index in [4.69, 9.17) is 8.83 Å². The van der Waals surface area contributed by atoms with Gasteiger partial charge in [0.15, 0.2) is 0 Å². The lowest BCUT2D eigenvalue weighted by Gasteiger charge is -2.30. The van der Waals surface area contributed by atoms with Crippen molar-refractivity contribution in [2.45, 2.75) is 38.5 Å². The number of hydrogen-bond acceptors (Lipinski definition) is 3. The summed E-state index contributed by atoms with van der Waals surface area (Å²) in [5, 5.41) is 4.58. The van der Waals surface area contributed by atoms with Crippen molar-refractivity contribution >= 4 is 60.9 Å². The van der Waals surface area contributed by atoms with E-state index in [9.17, 15) is 0 Å². The lowest BCUT2D eigenvalue weighted by atomic mass is 9.81. The molecular weight excluding hydrogens is 911 g/mol. The average molecular weight is 962 g/mol. The summed E-state index contributed by atoms with van der Waals surface area (Å²) >= 11 is 0. The molecule has 13 aromatic rings. The Balaban J connectivity index is 0.813. The van der Waals surface area contributed by atoms with E-state index >= 15 is 0 Å². The Bertz CT molecular complexity index is 4230. The number of rotatable bonds is 7. The number of nitrogens with zero attached hydrogens (tertiary/aromatic N) is 1. The second-order valence-corrected chi connectivity index (χ2v) is 21.7. The normalized spacial score (nSPS) is 13.8. The molecule has 3 heteroatoms. The van der Waals surface area contributed by atoms with Crippen LogP contribution in [0.3, 0.4) is 0 Å². The summed E-state index contributed by atoms with van der Waals surface area (Å²) in [4.78, 5) is 2.47. The molecule has 0 radical (unpaired) electrons. The highest BCUT2D eigenvalue weighted by atomic mass is 16.3. The van der Waals surface area contributed by atoms with Crippen LogP contribution in [0.4, 0.5) is 17.1 Å². The van der Waals surface area contributed by atoms with E-state index in [1.165, 1.54) is 89.0 Å². The summed E-state index contributed by atoms with van der Waals surface area (Å²) in [5.74, 6) is 0. The van der Waals surface area contributed by atoms with Gasteiger partial charge in [0.1, 0.15) is 22.3 Å². The van der Waals surface area contributed by atoms with Crippen LogP contribution in [0.15, 0.2) is 245 Å². The molecule has 2 heterocycles. The van der Waals surface area contributed by atoms with E-state index in [0.717, 1.165) is 60.9 Å². The van der Waals surface area contributed by atoms with Gasteiger partial charge in [0, 0.05) is 49.4 Å². The van der Waals surface area contributed by atoms with Gasteiger partial charge in [0.05, 0.1) is 0 Å². The molecule has 0 fully saturated rings. The van der Waals surface area contributed by atoms with Crippen LogP contribution >= 0.6 is 0 Å². The van der Waals surface area contributed by atoms with Gasteiger partial charge in [-0.1, -0.05) is 179 Å². The van der Waals surface area contributed by atoms with Gasteiger partial charge in [-0.2, -0.15) is 0 Å². The first-order valence-electron chi connectivity index (χ1n) is 26.1. The molecule has 15 rings (SSSR count). The number of para-hydroxylation sites is 2. The van der Waals surface area contributed by atoms with Crippen molar-refractivity contribution in [2.75, 3.05) is 4.90 Å². The van der Waals surface area contributed by atoms with E-state index in [0.29, 0.717) is 0 Å². The van der Waals surface area contributed by atoms with Crippen molar-refractivity contribution < 1.29 is 8.83 Å². The number of benzene rings is 11. The lowest BCUT2D eigenvalue weighted by molar-refractivity contribution is 0.660. The fourth-order valence-electron chi connectivity index (χ4n) is 12.6. The maximum absolute atomic E-state index is 6.21. The van der Waals surface area contributed by atoms with Crippen molar-refractivity contribution in [3.05, 3.63) is 259 Å². The second kappa shape index (κ2) is 16.2. The van der Waals surface area contributed by atoms with Crippen LogP contribution in [0, 0.1) is 0 Å². The van der Waals surface area contributed by atoms with Crippen molar-refractivity contribution in [1.29, 1.82) is 0 Å². The highest BCUT2D eigenvalue weighted by Crippen LogP contribution is 2.54. The molecule has 75 heavy (non-hydrogen) atoms. The van der Waals surface area contributed by atoms with Crippen molar-refractivity contribution in [2.24, 2.45) is 0 Å². The van der Waals surface area contributed by atoms with E-state index in [1.54, 1.807) is 0 Å². The van der Waals surface area contributed by atoms with Crippen molar-refractivity contribution in [3.63, 3.8) is 0 Å². The first kappa shape index (κ1) is 43.4. The average Bonchev–Trinajstić information content (AvgIpc) is 4.15. The Hall–Kier alpha value is -9.18. The number of hydrogen-bond donors (Lipinski definition) is 0. The van der Waals surface area contributed by atoms with E-state index in [-0.39, 0.29) is 10.8 Å². The molecule has 0 bridgehead atoms.